The number of rotatable bonds is 6. The number of ether oxygens (including phenoxy) is 1. The van der Waals surface area contributed by atoms with E-state index in [0.29, 0.717) is 27.7 Å². The first kappa shape index (κ1) is 22.8. The number of hydrogen-bond donors (Lipinski definition) is 0. The van der Waals surface area contributed by atoms with Gasteiger partial charge in [-0.05, 0) is 61.0 Å². The number of aromatic nitrogens is 3. The highest BCUT2D eigenvalue weighted by Gasteiger charge is 2.22. The Morgan fingerprint density at radius 3 is 2.45 bits per heavy atom. The SMILES string of the molecule is Cc1c(Cl)cccc1-n1nc(C(=O)OCC(=O)c2ccc(Br)cc2)nc1-c1ccc(F)cc1. The van der Waals surface area contributed by atoms with Gasteiger partial charge in [0.05, 0.1) is 5.69 Å². The first-order valence-electron chi connectivity index (χ1n) is 9.78. The second kappa shape index (κ2) is 9.64. The van der Waals surface area contributed by atoms with Crippen LogP contribution in [0, 0.1) is 12.7 Å². The van der Waals surface area contributed by atoms with E-state index in [4.69, 9.17) is 16.3 Å². The molecule has 3 aromatic carbocycles. The molecule has 0 radical (unpaired) electrons. The van der Waals surface area contributed by atoms with Crippen molar-refractivity contribution in [2.45, 2.75) is 6.92 Å². The predicted octanol–water partition coefficient (Wildman–Crippen LogP) is 5.84. The van der Waals surface area contributed by atoms with Crippen LogP contribution in [-0.2, 0) is 4.74 Å². The Hall–Kier alpha value is -3.36. The molecule has 0 saturated heterocycles. The molecule has 0 aliphatic rings. The van der Waals surface area contributed by atoms with Crippen LogP contribution in [-0.4, -0.2) is 33.1 Å². The molecule has 0 amide bonds. The third kappa shape index (κ3) is 5.02. The lowest BCUT2D eigenvalue weighted by molar-refractivity contribution is 0.0462. The van der Waals surface area contributed by atoms with E-state index in [1.54, 1.807) is 42.5 Å². The second-order valence-corrected chi connectivity index (χ2v) is 8.39. The van der Waals surface area contributed by atoms with Gasteiger partial charge in [-0.3, -0.25) is 4.79 Å². The molecule has 1 heterocycles. The molecule has 6 nitrogen and oxygen atoms in total. The van der Waals surface area contributed by atoms with Crippen molar-refractivity contribution in [1.29, 1.82) is 0 Å². The van der Waals surface area contributed by atoms with E-state index < -0.39 is 18.4 Å². The van der Waals surface area contributed by atoms with Crippen LogP contribution in [0.2, 0.25) is 5.02 Å². The Bertz CT molecular complexity index is 1340. The predicted molar refractivity (Wildman–Crippen MR) is 125 cm³/mol. The maximum absolute atomic E-state index is 13.4. The van der Waals surface area contributed by atoms with Gasteiger partial charge in [0.25, 0.3) is 5.82 Å². The van der Waals surface area contributed by atoms with Crippen LogP contribution in [0.3, 0.4) is 0 Å². The molecular formula is C24H16BrClFN3O3. The normalized spacial score (nSPS) is 10.8. The fourth-order valence-corrected chi connectivity index (χ4v) is 3.53. The lowest BCUT2D eigenvalue weighted by Gasteiger charge is -2.10. The summed E-state index contributed by atoms with van der Waals surface area (Å²) in [4.78, 5) is 29.3. The maximum atomic E-state index is 13.4. The molecule has 33 heavy (non-hydrogen) atoms. The Balaban J connectivity index is 1.65. The molecule has 0 aliphatic carbocycles. The summed E-state index contributed by atoms with van der Waals surface area (Å²) in [5, 5.41) is 4.82. The number of halogens is 3. The molecule has 4 aromatic rings. The number of esters is 1. The monoisotopic (exact) mass is 527 g/mol. The van der Waals surface area contributed by atoms with Crippen molar-refractivity contribution in [3.63, 3.8) is 0 Å². The quantitative estimate of drug-likeness (QED) is 0.232. The topological polar surface area (TPSA) is 74.1 Å². The number of carbonyl (C=O) groups is 2. The summed E-state index contributed by atoms with van der Waals surface area (Å²) >= 11 is 9.57. The number of benzene rings is 3. The summed E-state index contributed by atoms with van der Waals surface area (Å²) in [6.07, 6.45) is 0. The molecular weight excluding hydrogens is 513 g/mol. The molecule has 1 aromatic heterocycles. The van der Waals surface area contributed by atoms with Gasteiger partial charge in [-0.25, -0.2) is 18.9 Å². The van der Waals surface area contributed by atoms with Crippen molar-refractivity contribution in [2.75, 3.05) is 6.61 Å². The smallest absolute Gasteiger partial charge is 0.378 e. The van der Waals surface area contributed by atoms with Crippen molar-refractivity contribution >= 4 is 39.3 Å². The van der Waals surface area contributed by atoms with Gasteiger partial charge in [-0.15, -0.1) is 5.10 Å². The standard InChI is InChI=1S/C24H16BrClFN3O3/c1-14-19(26)3-2-4-20(14)30-23(16-7-11-18(27)12-8-16)28-22(29-30)24(32)33-13-21(31)15-5-9-17(25)10-6-15/h2-12H,13H2,1H3. The van der Waals surface area contributed by atoms with E-state index >= 15 is 0 Å². The molecule has 0 N–H and O–H groups in total. The van der Waals surface area contributed by atoms with Crippen LogP contribution in [0.4, 0.5) is 4.39 Å². The number of carbonyl (C=O) groups excluding carboxylic acids is 2. The van der Waals surface area contributed by atoms with E-state index in [1.807, 2.05) is 6.92 Å². The van der Waals surface area contributed by atoms with Crippen molar-refractivity contribution in [3.8, 4) is 17.1 Å². The molecule has 0 saturated carbocycles. The van der Waals surface area contributed by atoms with Gasteiger partial charge >= 0.3 is 5.97 Å². The lowest BCUT2D eigenvalue weighted by atomic mass is 10.1. The minimum Gasteiger partial charge on any atom is -0.451 e. The molecule has 166 valence electrons. The molecule has 0 unspecified atom stereocenters. The third-order valence-corrected chi connectivity index (χ3v) is 5.80. The zero-order valence-electron chi connectivity index (χ0n) is 17.3. The van der Waals surface area contributed by atoms with Gasteiger partial charge in [0.15, 0.2) is 18.2 Å². The molecule has 0 atom stereocenters. The van der Waals surface area contributed by atoms with E-state index in [1.165, 1.54) is 28.9 Å². The zero-order chi connectivity index (χ0) is 23.5. The summed E-state index contributed by atoms with van der Waals surface area (Å²) in [5.74, 6) is -1.57. The lowest BCUT2D eigenvalue weighted by Crippen LogP contribution is -2.15. The minimum atomic E-state index is -0.859. The van der Waals surface area contributed by atoms with Crippen molar-refractivity contribution in [3.05, 3.63) is 99.0 Å². The van der Waals surface area contributed by atoms with Gasteiger partial charge < -0.3 is 4.74 Å². The number of ketones is 1. The minimum absolute atomic E-state index is 0.239. The summed E-state index contributed by atoms with van der Waals surface area (Å²) in [5.41, 5.74) is 2.26. The van der Waals surface area contributed by atoms with Crippen LogP contribution in [0.15, 0.2) is 71.2 Å². The average molecular weight is 529 g/mol. The van der Waals surface area contributed by atoms with Crippen LogP contribution < -0.4 is 0 Å². The van der Waals surface area contributed by atoms with E-state index in [9.17, 15) is 14.0 Å². The van der Waals surface area contributed by atoms with Crippen LogP contribution >= 0.6 is 27.5 Å². The Labute approximate surface area is 202 Å². The number of nitrogens with zero attached hydrogens (tertiary/aromatic N) is 3. The summed E-state index contributed by atoms with van der Waals surface area (Å²) in [7, 11) is 0. The summed E-state index contributed by atoms with van der Waals surface area (Å²) in [6.45, 7) is 1.35. The molecule has 0 bridgehead atoms. The van der Waals surface area contributed by atoms with E-state index in [2.05, 4.69) is 26.0 Å². The van der Waals surface area contributed by atoms with Gasteiger partial charge in [0.1, 0.15) is 5.82 Å². The van der Waals surface area contributed by atoms with Crippen molar-refractivity contribution < 1.29 is 18.7 Å². The second-order valence-electron chi connectivity index (χ2n) is 7.07. The first-order chi connectivity index (χ1) is 15.8. The fraction of sp³-hybridized carbons (Fsp3) is 0.0833. The molecule has 0 aliphatic heterocycles. The first-order valence-corrected chi connectivity index (χ1v) is 10.9. The van der Waals surface area contributed by atoms with Gasteiger partial charge in [-0.1, -0.05) is 45.7 Å². The van der Waals surface area contributed by atoms with Crippen LogP contribution in [0.5, 0.6) is 0 Å². The molecule has 9 heteroatoms. The summed E-state index contributed by atoms with van der Waals surface area (Å²) < 4.78 is 20.9. The Morgan fingerprint density at radius 1 is 1.06 bits per heavy atom. The Morgan fingerprint density at radius 2 is 1.76 bits per heavy atom. The summed E-state index contributed by atoms with van der Waals surface area (Å²) in [6, 6.07) is 17.6. The van der Waals surface area contributed by atoms with Crippen molar-refractivity contribution in [2.24, 2.45) is 0 Å². The molecule has 4 rings (SSSR count). The van der Waals surface area contributed by atoms with Gasteiger partial charge in [-0.2, -0.15) is 0 Å². The van der Waals surface area contributed by atoms with E-state index in [0.717, 1.165) is 10.0 Å². The van der Waals surface area contributed by atoms with Crippen molar-refractivity contribution in [1.82, 2.24) is 14.8 Å². The number of hydrogen-bond acceptors (Lipinski definition) is 5. The molecule has 0 spiro atoms. The van der Waals surface area contributed by atoms with Gasteiger partial charge in [0, 0.05) is 20.6 Å². The highest BCUT2D eigenvalue weighted by atomic mass is 79.9. The highest BCUT2D eigenvalue weighted by molar-refractivity contribution is 9.10. The average Bonchev–Trinajstić information content (AvgIpc) is 3.25. The largest absolute Gasteiger partial charge is 0.451 e. The third-order valence-electron chi connectivity index (χ3n) is 4.86. The maximum Gasteiger partial charge on any atom is 0.378 e. The zero-order valence-corrected chi connectivity index (χ0v) is 19.6. The Kier molecular flexibility index (Phi) is 6.67. The van der Waals surface area contributed by atoms with Crippen LogP contribution in [0.1, 0.15) is 26.5 Å². The van der Waals surface area contributed by atoms with E-state index in [-0.39, 0.29) is 11.6 Å². The van der Waals surface area contributed by atoms with Crippen LogP contribution in [0.25, 0.3) is 17.1 Å². The molecule has 0 fully saturated rings. The number of Topliss-reactive ketones (excluding diaryl/α,β-unsaturated/α-hetero) is 1. The highest BCUT2D eigenvalue weighted by Crippen LogP contribution is 2.27. The fourth-order valence-electron chi connectivity index (χ4n) is 3.09. The van der Waals surface area contributed by atoms with Gasteiger partial charge in [0.2, 0.25) is 0 Å².